The molecule has 0 atom stereocenters. The highest BCUT2D eigenvalue weighted by Gasteiger charge is 2.21. The summed E-state index contributed by atoms with van der Waals surface area (Å²) in [5, 5.41) is 8.87. The fourth-order valence-electron chi connectivity index (χ4n) is 1.30. The Labute approximate surface area is 92.7 Å². The Kier molecular flexibility index (Phi) is 3.35. The summed E-state index contributed by atoms with van der Waals surface area (Å²) >= 11 is 0. The van der Waals surface area contributed by atoms with Crippen LogP contribution in [0.5, 0.6) is 0 Å². The van der Waals surface area contributed by atoms with Crippen molar-refractivity contribution in [3.63, 3.8) is 0 Å². The van der Waals surface area contributed by atoms with E-state index in [9.17, 15) is 8.42 Å². The standard InChI is InChI=1S/C9H9ClN2O2S/c1-6-2-3-7(4-11)9(8(6)5-12)15(10,13)14/h2-3H,4,11H2,1H3. The molecule has 1 rings (SSSR count). The number of hydrogen-bond acceptors (Lipinski definition) is 4. The van der Waals surface area contributed by atoms with Crippen LogP contribution in [0.25, 0.3) is 0 Å². The third-order valence-electron chi connectivity index (χ3n) is 2.02. The zero-order valence-electron chi connectivity index (χ0n) is 7.99. The lowest BCUT2D eigenvalue weighted by Crippen LogP contribution is -2.07. The van der Waals surface area contributed by atoms with E-state index in [1.807, 2.05) is 6.07 Å². The van der Waals surface area contributed by atoms with E-state index in [4.69, 9.17) is 21.7 Å². The van der Waals surface area contributed by atoms with Crippen molar-refractivity contribution in [2.24, 2.45) is 5.73 Å². The molecule has 0 spiro atoms. The average Bonchev–Trinajstić information content (AvgIpc) is 2.15. The van der Waals surface area contributed by atoms with Gasteiger partial charge in [0.1, 0.15) is 11.0 Å². The van der Waals surface area contributed by atoms with Gasteiger partial charge in [0.25, 0.3) is 9.05 Å². The zero-order valence-corrected chi connectivity index (χ0v) is 9.56. The van der Waals surface area contributed by atoms with Crippen LogP contribution in [-0.2, 0) is 15.6 Å². The lowest BCUT2D eigenvalue weighted by molar-refractivity contribution is 0.608. The van der Waals surface area contributed by atoms with E-state index in [0.717, 1.165) is 0 Å². The number of benzene rings is 1. The number of nitrogens with two attached hydrogens (primary N) is 1. The lowest BCUT2D eigenvalue weighted by Gasteiger charge is -2.08. The van der Waals surface area contributed by atoms with Gasteiger partial charge < -0.3 is 5.73 Å². The van der Waals surface area contributed by atoms with Crippen LogP contribution in [-0.4, -0.2) is 8.42 Å². The van der Waals surface area contributed by atoms with Crippen LogP contribution < -0.4 is 5.73 Å². The number of nitriles is 1. The largest absolute Gasteiger partial charge is 0.326 e. The number of rotatable bonds is 2. The molecule has 0 saturated heterocycles. The Morgan fingerprint density at radius 1 is 1.53 bits per heavy atom. The molecule has 0 aliphatic heterocycles. The van der Waals surface area contributed by atoms with Crippen molar-refractivity contribution in [2.75, 3.05) is 0 Å². The molecule has 1 aromatic rings. The van der Waals surface area contributed by atoms with E-state index < -0.39 is 9.05 Å². The summed E-state index contributed by atoms with van der Waals surface area (Å²) in [6, 6.07) is 5.03. The first-order valence-electron chi connectivity index (χ1n) is 4.09. The molecule has 0 saturated carbocycles. The summed E-state index contributed by atoms with van der Waals surface area (Å²) in [5.74, 6) is 0. The summed E-state index contributed by atoms with van der Waals surface area (Å²) in [6.45, 7) is 1.67. The van der Waals surface area contributed by atoms with Gasteiger partial charge in [0.2, 0.25) is 0 Å². The van der Waals surface area contributed by atoms with Crippen LogP contribution in [0.1, 0.15) is 16.7 Å². The van der Waals surface area contributed by atoms with Crippen molar-refractivity contribution >= 4 is 19.7 Å². The van der Waals surface area contributed by atoms with Gasteiger partial charge in [-0.2, -0.15) is 5.26 Å². The molecular weight excluding hydrogens is 236 g/mol. The van der Waals surface area contributed by atoms with Crippen molar-refractivity contribution in [1.29, 1.82) is 5.26 Å². The van der Waals surface area contributed by atoms with Crippen molar-refractivity contribution < 1.29 is 8.42 Å². The van der Waals surface area contributed by atoms with Crippen LogP contribution in [0, 0.1) is 18.3 Å². The average molecular weight is 245 g/mol. The van der Waals surface area contributed by atoms with E-state index in [2.05, 4.69) is 0 Å². The summed E-state index contributed by atoms with van der Waals surface area (Å²) in [5.41, 5.74) is 6.37. The van der Waals surface area contributed by atoms with Crippen molar-refractivity contribution in [3.8, 4) is 6.07 Å². The predicted octanol–water partition coefficient (Wildman–Crippen LogP) is 1.25. The van der Waals surface area contributed by atoms with Gasteiger partial charge in [0.15, 0.2) is 0 Å². The number of aryl methyl sites for hydroxylation is 1. The molecule has 0 amide bonds. The summed E-state index contributed by atoms with van der Waals surface area (Å²) in [4.78, 5) is -0.172. The molecular formula is C9H9ClN2O2S. The smallest absolute Gasteiger partial charge is 0.262 e. The maximum Gasteiger partial charge on any atom is 0.262 e. The van der Waals surface area contributed by atoms with Crippen molar-refractivity contribution in [1.82, 2.24) is 0 Å². The minimum absolute atomic E-state index is 0.0241. The Balaban J connectivity index is 3.73. The molecule has 0 radical (unpaired) electrons. The molecule has 4 nitrogen and oxygen atoms in total. The minimum atomic E-state index is -3.94. The predicted molar refractivity (Wildman–Crippen MR) is 56.8 cm³/mol. The SMILES string of the molecule is Cc1ccc(CN)c(S(=O)(=O)Cl)c1C#N. The van der Waals surface area contributed by atoms with Crippen molar-refractivity contribution in [2.45, 2.75) is 18.4 Å². The molecule has 0 bridgehead atoms. The number of hydrogen-bond donors (Lipinski definition) is 1. The summed E-state index contributed by atoms with van der Waals surface area (Å²) in [7, 11) is 1.32. The second-order valence-electron chi connectivity index (χ2n) is 3.00. The van der Waals surface area contributed by atoms with Crippen LogP contribution in [0.4, 0.5) is 0 Å². The molecule has 6 heteroatoms. The first kappa shape index (κ1) is 12.0. The molecule has 0 aliphatic rings. The van der Waals surface area contributed by atoms with Gasteiger partial charge in [-0.3, -0.25) is 0 Å². The normalized spacial score (nSPS) is 11.1. The van der Waals surface area contributed by atoms with Gasteiger partial charge in [-0.25, -0.2) is 8.42 Å². The third-order valence-corrected chi connectivity index (χ3v) is 3.44. The van der Waals surface area contributed by atoms with Crippen LogP contribution in [0.3, 0.4) is 0 Å². The van der Waals surface area contributed by atoms with E-state index in [1.165, 1.54) is 0 Å². The Bertz CT molecular complexity index is 532. The maximum absolute atomic E-state index is 11.3. The van der Waals surface area contributed by atoms with Gasteiger partial charge in [0, 0.05) is 17.2 Å². The van der Waals surface area contributed by atoms with Crippen molar-refractivity contribution in [3.05, 3.63) is 28.8 Å². The van der Waals surface area contributed by atoms with E-state index in [0.29, 0.717) is 11.1 Å². The topological polar surface area (TPSA) is 84.0 Å². The lowest BCUT2D eigenvalue weighted by atomic mass is 10.1. The molecule has 2 N–H and O–H groups in total. The first-order chi connectivity index (χ1) is 6.91. The fraction of sp³-hybridized carbons (Fsp3) is 0.222. The van der Waals surface area contributed by atoms with E-state index >= 15 is 0 Å². The highest BCUT2D eigenvalue weighted by Crippen LogP contribution is 2.26. The van der Waals surface area contributed by atoms with Gasteiger partial charge in [0.05, 0.1) is 5.56 Å². The third kappa shape index (κ3) is 2.29. The molecule has 15 heavy (non-hydrogen) atoms. The highest BCUT2D eigenvalue weighted by molar-refractivity contribution is 8.13. The summed E-state index contributed by atoms with van der Waals surface area (Å²) in [6.07, 6.45) is 0. The van der Waals surface area contributed by atoms with Gasteiger partial charge in [-0.15, -0.1) is 0 Å². The molecule has 0 aliphatic carbocycles. The highest BCUT2D eigenvalue weighted by atomic mass is 35.7. The Hall–Kier alpha value is -1.09. The van der Waals surface area contributed by atoms with Gasteiger partial charge >= 0.3 is 0 Å². The minimum Gasteiger partial charge on any atom is -0.326 e. The summed E-state index contributed by atoms with van der Waals surface area (Å²) < 4.78 is 22.6. The van der Waals surface area contributed by atoms with Crippen LogP contribution in [0.15, 0.2) is 17.0 Å². The fourth-order valence-corrected chi connectivity index (χ4v) is 2.75. The van der Waals surface area contributed by atoms with Crippen LogP contribution in [0.2, 0.25) is 0 Å². The molecule has 0 unspecified atom stereocenters. The van der Waals surface area contributed by atoms with E-state index in [1.54, 1.807) is 19.1 Å². The molecule has 0 fully saturated rings. The second kappa shape index (κ2) is 4.19. The maximum atomic E-state index is 11.3. The molecule has 0 aromatic heterocycles. The monoisotopic (exact) mass is 244 g/mol. The number of halogens is 1. The number of nitrogens with zero attached hydrogens (tertiary/aromatic N) is 1. The second-order valence-corrected chi connectivity index (χ2v) is 5.50. The Morgan fingerprint density at radius 3 is 2.53 bits per heavy atom. The molecule has 1 aromatic carbocycles. The molecule has 80 valence electrons. The van der Waals surface area contributed by atoms with Gasteiger partial charge in [-0.1, -0.05) is 12.1 Å². The van der Waals surface area contributed by atoms with Crippen LogP contribution >= 0.6 is 10.7 Å². The quantitative estimate of drug-likeness (QED) is 0.794. The molecule has 0 heterocycles. The van der Waals surface area contributed by atoms with Gasteiger partial charge in [-0.05, 0) is 18.1 Å². The first-order valence-corrected chi connectivity index (χ1v) is 6.40. The Morgan fingerprint density at radius 2 is 2.13 bits per heavy atom. The zero-order chi connectivity index (χ0) is 11.6. The van der Waals surface area contributed by atoms with E-state index in [-0.39, 0.29) is 17.0 Å².